The topological polar surface area (TPSA) is 44.8 Å². The second kappa shape index (κ2) is 5.40. The summed E-state index contributed by atoms with van der Waals surface area (Å²) in [6, 6.07) is 11.3. The Labute approximate surface area is 105 Å². The molecule has 0 radical (unpaired) electrons. The zero-order valence-electron chi connectivity index (χ0n) is 10.3. The lowest BCUT2D eigenvalue weighted by molar-refractivity contribution is 0.120. The molecule has 0 N–H and O–H groups in total. The second-order valence-electron chi connectivity index (χ2n) is 3.60. The van der Waals surface area contributed by atoms with E-state index in [-0.39, 0.29) is 0 Å². The molecule has 0 aliphatic carbocycles. The van der Waals surface area contributed by atoms with E-state index >= 15 is 0 Å². The van der Waals surface area contributed by atoms with E-state index in [1.54, 1.807) is 6.07 Å². The first-order chi connectivity index (χ1) is 8.76. The molecule has 0 aromatic heterocycles. The van der Waals surface area contributed by atoms with E-state index in [0.717, 1.165) is 10.8 Å². The lowest BCUT2D eigenvalue weighted by atomic mass is 10.1. The lowest BCUT2D eigenvalue weighted by Crippen LogP contribution is -2.09. The van der Waals surface area contributed by atoms with Gasteiger partial charge in [0.25, 0.3) is 0 Å². The highest BCUT2D eigenvalue weighted by Gasteiger charge is 2.14. The molecule has 2 aromatic carbocycles. The van der Waals surface area contributed by atoms with Gasteiger partial charge < -0.3 is 14.2 Å². The van der Waals surface area contributed by atoms with Crippen LogP contribution in [0.4, 0.5) is 4.79 Å². The molecule has 0 aliphatic heterocycles. The summed E-state index contributed by atoms with van der Waals surface area (Å²) in [6.07, 6.45) is -0.757. The van der Waals surface area contributed by atoms with Gasteiger partial charge in [-0.3, -0.25) is 0 Å². The monoisotopic (exact) mass is 246 g/mol. The normalized spacial score (nSPS) is 10.1. The third kappa shape index (κ3) is 2.37. The van der Waals surface area contributed by atoms with Crippen molar-refractivity contribution in [3.63, 3.8) is 0 Å². The van der Waals surface area contributed by atoms with E-state index in [2.05, 4.69) is 4.74 Å². The Balaban J connectivity index is 2.54. The van der Waals surface area contributed by atoms with Crippen LogP contribution in [-0.2, 0) is 4.74 Å². The molecule has 0 unspecified atom stereocenters. The van der Waals surface area contributed by atoms with Crippen molar-refractivity contribution >= 4 is 16.9 Å². The summed E-state index contributed by atoms with van der Waals surface area (Å²) in [6.45, 7) is 2.37. The van der Waals surface area contributed by atoms with Crippen LogP contribution in [0, 0.1) is 0 Å². The van der Waals surface area contributed by atoms with Crippen LogP contribution in [0.1, 0.15) is 6.92 Å². The average molecular weight is 246 g/mol. The summed E-state index contributed by atoms with van der Waals surface area (Å²) in [5.41, 5.74) is 0. The van der Waals surface area contributed by atoms with Gasteiger partial charge in [-0.15, -0.1) is 0 Å². The molecule has 2 aromatic rings. The van der Waals surface area contributed by atoms with Crippen LogP contribution < -0.4 is 9.47 Å². The van der Waals surface area contributed by atoms with Gasteiger partial charge in [0, 0.05) is 5.39 Å². The van der Waals surface area contributed by atoms with Crippen LogP contribution in [-0.4, -0.2) is 19.9 Å². The van der Waals surface area contributed by atoms with Crippen molar-refractivity contribution in [2.75, 3.05) is 13.7 Å². The molecule has 0 saturated heterocycles. The number of hydrogen-bond acceptors (Lipinski definition) is 4. The van der Waals surface area contributed by atoms with Crippen molar-refractivity contribution in [1.82, 2.24) is 0 Å². The summed E-state index contributed by atoms with van der Waals surface area (Å²) in [5, 5.41) is 1.79. The molecule has 0 fully saturated rings. The highest BCUT2D eigenvalue weighted by Crippen LogP contribution is 2.35. The Kier molecular flexibility index (Phi) is 3.67. The maximum Gasteiger partial charge on any atom is 0.513 e. The van der Waals surface area contributed by atoms with Crippen molar-refractivity contribution in [3.05, 3.63) is 36.4 Å². The number of hydrogen-bond donors (Lipinski definition) is 0. The van der Waals surface area contributed by atoms with E-state index in [0.29, 0.717) is 18.1 Å². The molecule has 0 bridgehead atoms. The van der Waals surface area contributed by atoms with E-state index in [9.17, 15) is 4.79 Å². The van der Waals surface area contributed by atoms with Crippen LogP contribution in [0.5, 0.6) is 11.5 Å². The molecule has 4 nitrogen and oxygen atoms in total. The first-order valence-corrected chi connectivity index (χ1v) is 5.66. The van der Waals surface area contributed by atoms with Gasteiger partial charge >= 0.3 is 6.16 Å². The maximum atomic E-state index is 11.3. The van der Waals surface area contributed by atoms with Gasteiger partial charge in [-0.25, -0.2) is 4.79 Å². The van der Waals surface area contributed by atoms with Gasteiger partial charge in [0.2, 0.25) is 0 Å². The van der Waals surface area contributed by atoms with Gasteiger partial charge in [0.1, 0.15) is 0 Å². The Morgan fingerprint density at radius 3 is 2.67 bits per heavy atom. The summed E-state index contributed by atoms with van der Waals surface area (Å²) < 4.78 is 15.2. The van der Waals surface area contributed by atoms with E-state index < -0.39 is 6.16 Å². The number of ether oxygens (including phenoxy) is 3. The number of carbonyl (C=O) groups excluding carboxylic acids is 1. The van der Waals surface area contributed by atoms with Crippen molar-refractivity contribution in [1.29, 1.82) is 0 Å². The summed E-state index contributed by atoms with van der Waals surface area (Å²) in [7, 11) is 1.27. The van der Waals surface area contributed by atoms with Crippen LogP contribution >= 0.6 is 0 Å². The fourth-order valence-corrected chi connectivity index (χ4v) is 1.72. The van der Waals surface area contributed by atoms with Crippen molar-refractivity contribution in [2.24, 2.45) is 0 Å². The zero-order valence-corrected chi connectivity index (χ0v) is 10.3. The lowest BCUT2D eigenvalue weighted by Gasteiger charge is -2.12. The minimum Gasteiger partial charge on any atom is -0.490 e. The molecular formula is C14H14O4. The minimum absolute atomic E-state index is 0.391. The zero-order chi connectivity index (χ0) is 13.0. The Morgan fingerprint density at radius 2 is 1.94 bits per heavy atom. The SMILES string of the molecule is CCOc1ccc2ccccc2c1OC(=O)OC. The Morgan fingerprint density at radius 1 is 1.17 bits per heavy atom. The fourth-order valence-electron chi connectivity index (χ4n) is 1.72. The third-order valence-corrected chi connectivity index (χ3v) is 2.50. The third-order valence-electron chi connectivity index (χ3n) is 2.50. The Bertz CT molecular complexity index is 563. The fraction of sp³-hybridized carbons (Fsp3) is 0.214. The minimum atomic E-state index is -0.757. The molecule has 0 amide bonds. The van der Waals surface area contributed by atoms with Crippen LogP contribution in [0.15, 0.2) is 36.4 Å². The molecule has 0 saturated carbocycles. The van der Waals surface area contributed by atoms with Gasteiger partial charge in [-0.1, -0.05) is 30.3 Å². The first-order valence-electron chi connectivity index (χ1n) is 5.66. The van der Waals surface area contributed by atoms with Crippen LogP contribution in [0.25, 0.3) is 10.8 Å². The summed E-state index contributed by atoms with van der Waals surface area (Å²) in [4.78, 5) is 11.3. The smallest absolute Gasteiger partial charge is 0.490 e. The highest BCUT2D eigenvalue weighted by atomic mass is 16.7. The molecule has 94 valence electrons. The van der Waals surface area contributed by atoms with Gasteiger partial charge in [0.15, 0.2) is 11.5 Å². The number of benzene rings is 2. The second-order valence-corrected chi connectivity index (χ2v) is 3.60. The van der Waals surface area contributed by atoms with Gasteiger partial charge in [0.05, 0.1) is 13.7 Å². The summed E-state index contributed by atoms with van der Waals surface area (Å²) in [5.74, 6) is 0.920. The molecule has 2 rings (SSSR count). The number of fused-ring (bicyclic) bond motifs is 1. The van der Waals surface area contributed by atoms with E-state index in [4.69, 9.17) is 9.47 Å². The van der Waals surface area contributed by atoms with E-state index in [1.165, 1.54) is 7.11 Å². The average Bonchev–Trinajstić information content (AvgIpc) is 2.41. The molecule has 0 aliphatic rings. The number of methoxy groups -OCH3 is 1. The maximum absolute atomic E-state index is 11.3. The molecule has 4 heteroatoms. The molecule has 0 heterocycles. The van der Waals surface area contributed by atoms with E-state index in [1.807, 2.05) is 37.3 Å². The highest BCUT2D eigenvalue weighted by molar-refractivity contribution is 5.92. The number of carbonyl (C=O) groups is 1. The predicted molar refractivity (Wildman–Crippen MR) is 68.2 cm³/mol. The van der Waals surface area contributed by atoms with Gasteiger partial charge in [-0.2, -0.15) is 0 Å². The number of rotatable bonds is 3. The predicted octanol–water partition coefficient (Wildman–Crippen LogP) is 3.38. The van der Waals surface area contributed by atoms with Crippen molar-refractivity contribution in [2.45, 2.75) is 6.92 Å². The molecule has 0 spiro atoms. The standard InChI is InChI=1S/C14H14O4/c1-3-17-12-9-8-10-6-4-5-7-11(10)13(12)18-14(15)16-2/h4-9H,3H2,1-2H3. The molecule has 0 atom stereocenters. The van der Waals surface area contributed by atoms with Crippen LogP contribution in [0.2, 0.25) is 0 Å². The molecular weight excluding hydrogens is 232 g/mol. The quantitative estimate of drug-likeness (QED) is 0.615. The summed E-state index contributed by atoms with van der Waals surface area (Å²) >= 11 is 0. The first kappa shape index (κ1) is 12.2. The molecule has 18 heavy (non-hydrogen) atoms. The van der Waals surface area contributed by atoms with Crippen molar-refractivity contribution in [3.8, 4) is 11.5 Å². The largest absolute Gasteiger partial charge is 0.513 e. The Hall–Kier alpha value is -2.23. The van der Waals surface area contributed by atoms with Gasteiger partial charge in [-0.05, 0) is 18.4 Å². The van der Waals surface area contributed by atoms with Crippen molar-refractivity contribution < 1.29 is 19.0 Å². The van der Waals surface area contributed by atoms with Crippen LogP contribution in [0.3, 0.4) is 0 Å².